The molecular formula is C19H30FIN4O2. The monoisotopic (exact) mass is 492 g/mol. The molecule has 0 bridgehead atoms. The molecule has 1 N–H and O–H groups in total. The van der Waals surface area contributed by atoms with Crippen molar-refractivity contribution in [2.75, 3.05) is 64.5 Å². The van der Waals surface area contributed by atoms with Gasteiger partial charge in [0.1, 0.15) is 5.82 Å². The third-order valence-corrected chi connectivity index (χ3v) is 4.84. The Bertz CT molecular complexity index is 574. The Hall–Kier alpha value is -1.13. The molecule has 2 saturated heterocycles. The van der Waals surface area contributed by atoms with E-state index in [4.69, 9.17) is 9.47 Å². The maximum absolute atomic E-state index is 13.1. The van der Waals surface area contributed by atoms with E-state index in [9.17, 15) is 4.39 Å². The van der Waals surface area contributed by atoms with Gasteiger partial charge in [0.15, 0.2) is 5.96 Å². The summed E-state index contributed by atoms with van der Waals surface area (Å²) in [4.78, 5) is 8.90. The van der Waals surface area contributed by atoms with Crippen LogP contribution >= 0.6 is 24.0 Å². The molecule has 0 radical (unpaired) electrons. The van der Waals surface area contributed by atoms with Crippen LogP contribution in [0.3, 0.4) is 0 Å². The predicted molar refractivity (Wildman–Crippen MR) is 117 cm³/mol. The van der Waals surface area contributed by atoms with Crippen LogP contribution in [0.15, 0.2) is 29.3 Å². The van der Waals surface area contributed by atoms with Crippen molar-refractivity contribution in [2.24, 2.45) is 4.99 Å². The van der Waals surface area contributed by atoms with Gasteiger partial charge >= 0.3 is 0 Å². The van der Waals surface area contributed by atoms with E-state index < -0.39 is 0 Å². The number of hydrogen-bond donors (Lipinski definition) is 1. The zero-order chi connectivity index (χ0) is 18.2. The molecule has 152 valence electrons. The first-order chi connectivity index (χ1) is 12.8. The highest BCUT2D eigenvalue weighted by atomic mass is 127. The molecule has 6 nitrogen and oxygen atoms in total. The van der Waals surface area contributed by atoms with Crippen molar-refractivity contribution >= 4 is 35.6 Å². The van der Waals surface area contributed by atoms with Crippen molar-refractivity contribution in [3.05, 3.63) is 30.1 Å². The highest BCUT2D eigenvalue weighted by molar-refractivity contribution is 14.0. The van der Waals surface area contributed by atoms with Crippen LogP contribution in [-0.4, -0.2) is 76.6 Å². The van der Waals surface area contributed by atoms with Crippen molar-refractivity contribution < 1.29 is 13.9 Å². The van der Waals surface area contributed by atoms with Gasteiger partial charge in [-0.15, -0.1) is 24.0 Å². The number of halogens is 2. The summed E-state index contributed by atoms with van der Waals surface area (Å²) in [5, 5.41) is 3.37. The maximum Gasteiger partial charge on any atom is 0.193 e. The fourth-order valence-corrected chi connectivity index (χ4v) is 3.39. The Kier molecular flexibility index (Phi) is 9.57. The molecule has 0 amide bonds. The van der Waals surface area contributed by atoms with E-state index in [0.29, 0.717) is 13.2 Å². The van der Waals surface area contributed by atoms with Crippen LogP contribution in [0.2, 0.25) is 0 Å². The maximum atomic E-state index is 13.1. The molecule has 3 rings (SSSR count). The van der Waals surface area contributed by atoms with Gasteiger partial charge < -0.3 is 24.6 Å². The van der Waals surface area contributed by atoms with Crippen molar-refractivity contribution in [1.29, 1.82) is 0 Å². The van der Waals surface area contributed by atoms with Gasteiger partial charge in [-0.3, -0.25) is 4.99 Å². The Morgan fingerprint density at radius 1 is 1.26 bits per heavy atom. The molecule has 0 aromatic heterocycles. The number of anilines is 1. The Morgan fingerprint density at radius 2 is 2.00 bits per heavy atom. The van der Waals surface area contributed by atoms with Gasteiger partial charge in [-0.05, 0) is 37.1 Å². The molecule has 1 atom stereocenters. The minimum absolute atomic E-state index is 0. The number of nitrogens with one attached hydrogen (secondary N) is 1. The third-order valence-electron chi connectivity index (χ3n) is 4.84. The first-order valence-electron chi connectivity index (χ1n) is 9.42. The third kappa shape index (κ3) is 6.76. The van der Waals surface area contributed by atoms with Crippen LogP contribution in [0.4, 0.5) is 10.1 Å². The van der Waals surface area contributed by atoms with Gasteiger partial charge in [0.25, 0.3) is 0 Å². The first kappa shape index (κ1) is 22.2. The van der Waals surface area contributed by atoms with Crippen molar-refractivity contribution in [1.82, 2.24) is 10.2 Å². The van der Waals surface area contributed by atoms with Crippen LogP contribution in [0.1, 0.15) is 12.8 Å². The highest BCUT2D eigenvalue weighted by Crippen LogP contribution is 2.17. The molecule has 27 heavy (non-hydrogen) atoms. The quantitative estimate of drug-likeness (QED) is 0.286. The standard InChI is InChI=1S/C19H29FN4O2.HI/c1-21-19(22-8-14-25-15-18-3-2-13-26-18)24-11-9-23(10-12-24)17-6-4-16(20)5-7-17;/h4-7,18H,2-3,8-15H2,1H3,(H,21,22);1H. The second kappa shape index (κ2) is 11.7. The lowest BCUT2D eigenvalue weighted by atomic mass is 10.2. The van der Waals surface area contributed by atoms with Crippen LogP contribution in [0.5, 0.6) is 0 Å². The van der Waals surface area contributed by atoms with Crippen molar-refractivity contribution in [3.8, 4) is 0 Å². The Morgan fingerprint density at radius 3 is 2.63 bits per heavy atom. The van der Waals surface area contributed by atoms with Crippen LogP contribution in [0.25, 0.3) is 0 Å². The lowest BCUT2D eigenvalue weighted by Crippen LogP contribution is -2.53. The number of benzene rings is 1. The number of piperazine rings is 1. The van der Waals surface area contributed by atoms with Gasteiger partial charge in [-0.1, -0.05) is 0 Å². The molecule has 0 aliphatic carbocycles. The van der Waals surface area contributed by atoms with Gasteiger partial charge in [0.05, 0.1) is 19.3 Å². The number of aliphatic imine (C=N–C) groups is 1. The summed E-state index contributed by atoms with van der Waals surface area (Å²) in [6.07, 6.45) is 2.52. The fraction of sp³-hybridized carbons (Fsp3) is 0.632. The smallest absolute Gasteiger partial charge is 0.193 e. The van der Waals surface area contributed by atoms with E-state index in [0.717, 1.165) is 63.8 Å². The number of nitrogens with zero attached hydrogens (tertiary/aromatic N) is 3. The molecule has 2 aliphatic rings. The summed E-state index contributed by atoms with van der Waals surface area (Å²) >= 11 is 0. The van der Waals surface area contributed by atoms with E-state index in [1.54, 1.807) is 0 Å². The van der Waals surface area contributed by atoms with E-state index >= 15 is 0 Å². The van der Waals surface area contributed by atoms with Crippen LogP contribution < -0.4 is 10.2 Å². The van der Waals surface area contributed by atoms with E-state index in [2.05, 4.69) is 20.1 Å². The second-order valence-corrected chi connectivity index (χ2v) is 6.63. The number of ether oxygens (including phenoxy) is 2. The summed E-state index contributed by atoms with van der Waals surface area (Å²) < 4.78 is 24.3. The average Bonchev–Trinajstić information content (AvgIpc) is 3.19. The SMILES string of the molecule is CN=C(NCCOCC1CCCO1)N1CCN(c2ccc(F)cc2)CC1.I. The summed E-state index contributed by atoms with van der Waals surface area (Å²) in [6, 6.07) is 6.70. The van der Waals surface area contributed by atoms with Gasteiger partial charge in [-0.25, -0.2) is 4.39 Å². The van der Waals surface area contributed by atoms with Gasteiger partial charge in [0, 0.05) is 52.1 Å². The Labute approximate surface area is 178 Å². The first-order valence-corrected chi connectivity index (χ1v) is 9.42. The van der Waals surface area contributed by atoms with Crippen LogP contribution in [0, 0.1) is 5.82 Å². The van der Waals surface area contributed by atoms with E-state index in [1.807, 2.05) is 19.2 Å². The van der Waals surface area contributed by atoms with E-state index in [-0.39, 0.29) is 35.9 Å². The van der Waals surface area contributed by atoms with Crippen molar-refractivity contribution in [2.45, 2.75) is 18.9 Å². The topological polar surface area (TPSA) is 49.3 Å². The summed E-state index contributed by atoms with van der Waals surface area (Å²) in [6.45, 7) is 6.47. The lowest BCUT2D eigenvalue weighted by Gasteiger charge is -2.37. The summed E-state index contributed by atoms with van der Waals surface area (Å²) in [5.74, 6) is 0.711. The van der Waals surface area contributed by atoms with Gasteiger partial charge in [0.2, 0.25) is 0 Å². The molecule has 2 aliphatic heterocycles. The molecular weight excluding hydrogens is 462 g/mol. The molecule has 2 fully saturated rings. The number of hydrogen-bond acceptors (Lipinski definition) is 4. The minimum atomic E-state index is -0.196. The number of rotatable bonds is 6. The zero-order valence-electron chi connectivity index (χ0n) is 15.9. The minimum Gasteiger partial charge on any atom is -0.377 e. The van der Waals surface area contributed by atoms with Gasteiger partial charge in [-0.2, -0.15) is 0 Å². The number of guanidine groups is 1. The van der Waals surface area contributed by atoms with E-state index in [1.165, 1.54) is 12.1 Å². The van der Waals surface area contributed by atoms with Crippen LogP contribution in [-0.2, 0) is 9.47 Å². The second-order valence-electron chi connectivity index (χ2n) is 6.63. The molecule has 1 aromatic carbocycles. The highest BCUT2D eigenvalue weighted by Gasteiger charge is 2.20. The van der Waals surface area contributed by atoms with Crippen molar-refractivity contribution in [3.63, 3.8) is 0 Å². The Balaban J connectivity index is 0.00000261. The zero-order valence-corrected chi connectivity index (χ0v) is 18.2. The molecule has 8 heteroatoms. The largest absolute Gasteiger partial charge is 0.377 e. The predicted octanol–water partition coefficient (Wildman–Crippen LogP) is 2.34. The molecule has 0 spiro atoms. The molecule has 2 heterocycles. The molecule has 0 saturated carbocycles. The molecule has 1 unspecified atom stereocenters. The summed E-state index contributed by atoms with van der Waals surface area (Å²) in [7, 11) is 1.81. The lowest BCUT2D eigenvalue weighted by molar-refractivity contribution is 0.0190. The summed E-state index contributed by atoms with van der Waals surface area (Å²) in [5.41, 5.74) is 1.07. The average molecular weight is 492 g/mol. The molecule has 1 aromatic rings. The normalized spacial score (nSPS) is 20.5. The fourth-order valence-electron chi connectivity index (χ4n) is 3.39.